The van der Waals surface area contributed by atoms with Gasteiger partial charge in [0.05, 0.1) is 53.6 Å². The zero-order valence-corrected chi connectivity index (χ0v) is 28.3. The van der Waals surface area contributed by atoms with E-state index < -0.39 is 8.07 Å². The van der Waals surface area contributed by atoms with Crippen LogP contribution in [0.5, 0.6) is 0 Å². The zero-order chi connectivity index (χ0) is 32.0. The van der Waals surface area contributed by atoms with E-state index in [1.54, 1.807) is 17.0 Å². The number of rotatable bonds is 8. The molecule has 1 N–H and O–H groups in total. The molecule has 7 rings (SSSR count). The molecule has 1 fully saturated rings. The van der Waals surface area contributed by atoms with Gasteiger partial charge in [-0.1, -0.05) is 19.6 Å². The Labute approximate surface area is 269 Å². The van der Waals surface area contributed by atoms with Crippen molar-refractivity contribution < 1.29 is 9.47 Å². The lowest BCUT2D eigenvalue weighted by Crippen LogP contribution is -2.49. The van der Waals surface area contributed by atoms with Gasteiger partial charge < -0.3 is 24.3 Å². The van der Waals surface area contributed by atoms with Gasteiger partial charge in [0.15, 0.2) is 0 Å². The summed E-state index contributed by atoms with van der Waals surface area (Å²) < 4.78 is 15.4. The number of fused-ring (bicyclic) bond motifs is 5. The van der Waals surface area contributed by atoms with Crippen molar-refractivity contribution >= 4 is 47.1 Å². The minimum Gasteiger partial charge on any atom is -0.377 e. The van der Waals surface area contributed by atoms with Gasteiger partial charge in [-0.05, 0) is 43.4 Å². The van der Waals surface area contributed by atoms with Crippen molar-refractivity contribution in [2.24, 2.45) is 7.05 Å². The minimum absolute atomic E-state index is 0.138. The molecule has 0 spiro atoms. The van der Waals surface area contributed by atoms with Crippen molar-refractivity contribution in [1.29, 1.82) is 0 Å². The molecule has 11 nitrogen and oxygen atoms in total. The molecule has 240 valence electrons. The van der Waals surface area contributed by atoms with Crippen molar-refractivity contribution in [3.05, 3.63) is 71.2 Å². The zero-order valence-electron chi connectivity index (χ0n) is 27.3. The third-order valence-electron chi connectivity index (χ3n) is 8.95. The van der Waals surface area contributed by atoms with Crippen molar-refractivity contribution in [1.82, 2.24) is 29.0 Å². The van der Waals surface area contributed by atoms with Gasteiger partial charge in [0.1, 0.15) is 18.2 Å². The molecule has 7 heterocycles. The first-order chi connectivity index (χ1) is 22.2. The van der Waals surface area contributed by atoms with Crippen LogP contribution in [0, 0.1) is 0 Å². The fraction of sp³-hybridized carbons (Fsp3) is 0.412. The van der Waals surface area contributed by atoms with Crippen LogP contribution in [0.1, 0.15) is 5.69 Å². The van der Waals surface area contributed by atoms with E-state index in [0.717, 1.165) is 64.7 Å². The van der Waals surface area contributed by atoms with E-state index >= 15 is 0 Å². The van der Waals surface area contributed by atoms with Crippen LogP contribution in [0.25, 0.3) is 33.1 Å². The molecule has 5 aromatic rings. The first kappa shape index (κ1) is 30.5. The summed E-state index contributed by atoms with van der Waals surface area (Å²) in [7, 11) is 2.84. The number of hydrogen-bond donors (Lipinski definition) is 1. The smallest absolute Gasteiger partial charge is 0.262 e. The highest BCUT2D eigenvalue weighted by atomic mass is 28.3. The van der Waals surface area contributed by atoms with Gasteiger partial charge in [0.2, 0.25) is 0 Å². The number of likely N-dealkylation sites (N-methyl/N-ethyl adjacent to an activating group) is 1. The highest BCUT2D eigenvalue weighted by Crippen LogP contribution is 2.35. The molecule has 0 radical (unpaired) electrons. The van der Waals surface area contributed by atoms with E-state index in [1.165, 1.54) is 0 Å². The molecule has 5 aromatic heterocycles. The average molecular weight is 639 g/mol. The Hall–Kier alpha value is -4.10. The Morgan fingerprint density at radius 3 is 2.76 bits per heavy atom. The Bertz CT molecular complexity index is 1970. The van der Waals surface area contributed by atoms with Crippen LogP contribution >= 0.6 is 0 Å². The van der Waals surface area contributed by atoms with Gasteiger partial charge in [-0.3, -0.25) is 19.2 Å². The fourth-order valence-electron chi connectivity index (χ4n) is 6.50. The van der Waals surface area contributed by atoms with Gasteiger partial charge >= 0.3 is 0 Å². The number of morpholine rings is 1. The molecule has 0 saturated carbocycles. The summed E-state index contributed by atoms with van der Waals surface area (Å²) in [6.45, 7) is 11.7. The number of nitrogens with one attached hydrogen (secondary N) is 1. The lowest BCUT2D eigenvalue weighted by molar-refractivity contribution is 0.0844. The maximum absolute atomic E-state index is 14.2. The van der Waals surface area contributed by atoms with Crippen LogP contribution in [0.15, 0.2) is 59.9 Å². The van der Waals surface area contributed by atoms with Crippen molar-refractivity contribution in [2.45, 2.75) is 45.0 Å². The molecule has 1 saturated heterocycles. The summed E-state index contributed by atoms with van der Waals surface area (Å²) in [5.41, 5.74) is 5.14. The SMILES string of the molecule is CN1Cc2nc(Nc3cnc(-c4ccnc5c4ccn5C)c4ccn(COCC[Si](C)(C)C)c(=O)c34)ccc2N2CCOCC2C1. The van der Waals surface area contributed by atoms with Crippen LogP contribution in [0.2, 0.25) is 25.7 Å². The van der Waals surface area contributed by atoms with Crippen molar-refractivity contribution in [3.63, 3.8) is 0 Å². The van der Waals surface area contributed by atoms with Crippen LogP contribution in [0.4, 0.5) is 17.2 Å². The summed E-state index contributed by atoms with van der Waals surface area (Å²) in [6.07, 6.45) is 7.35. The van der Waals surface area contributed by atoms with Crippen molar-refractivity contribution in [2.75, 3.05) is 50.2 Å². The summed E-state index contributed by atoms with van der Waals surface area (Å²) in [4.78, 5) is 33.5. The van der Waals surface area contributed by atoms with Crippen LogP contribution < -0.4 is 15.8 Å². The van der Waals surface area contributed by atoms with Gasteiger partial charge in [-0.2, -0.15) is 0 Å². The van der Waals surface area contributed by atoms with Gasteiger partial charge in [-0.25, -0.2) is 9.97 Å². The highest BCUT2D eigenvalue weighted by Gasteiger charge is 2.30. The molecule has 2 aliphatic rings. The van der Waals surface area contributed by atoms with Crippen molar-refractivity contribution in [3.8, 4) is 11.3 Å². The molecular weight excluding hydrogens is 597 g/mol. The largest absolute Gasteiger partial charge is 0.377 e. The lowest BCUT2D eigenvalue weighted by atomic mass is 10.0. The van der Waals surface area contributed by atoms with E-state index in [-0.39, 0.29) is 12.3 Å². The minimum atomic E-state index is -1.26. The Kier molecular flexibility index (Phi) is 8.13. The van der Waals surface area contributed by atoms with Gasteiger partial charge in [0.25, 0.3) is 5.56 Å². The predicted octanol–water partition coefficient (Wildman–Crippen LogP) is 5.05. The normalized spacial score (nSPS) is 17.2. The molecule has 2 aliphatic heterocycles. The number of ether oxygens (including phenoxy) is 2. The second-order valence-corrected chi connectivity index (χ2v) is 19.3. The topological polar surface area (TPSA) is 103 Å². The van der Waals surface area contributed by atoms with Crippen LogP contribution in [-0.4, -0.2) is 83.1 Å². The second-order valence-electron chi connectivity index (χ2n) is 13.7. The van der Waals surface area contributed by atoms with E-state index in [0.29, 0.717) is 42.8 Å². The molecule has 0 aliphatic carbocycles. The summed E-state index contributed by atoms with van der Waals surface area (Å²) in [5.74, 6) is 0.672. The first-order valence-electron chi connectivity index (χ1n) is 16.0. The summed E-state index contributed by atoms with van der Waals surface area (Å²) in [5, 5.41) is 5.77. The number of aromatic nitrogens is 5. The summed E-state index contributed by atoms with van der Waals surface area (Å²) in [6, 6.07) is 11.5. The number of aryl methyl sites for hydroxylation is 1. The average Bonchev–Trinajstić information content (AvgIpc) is 3.34. The predicted molar refractivity (Wildman–Crippen MR) is 186 cm³/mol. The van der Waals surface area contributed by atoms with E-state index in [2.05, 4.69) is 52.9 Å². The van der Waals surface area contributed by atoms with Gasteiger partial charge in [-0.15, -0.1) is 0 Å². The second kappa shape index (κ2) is 12.3. The number of anilines is 3. The number of pyridine rings is 4. The number of hydrogen-bond acceptors (Lipinski definition) is 9. The molecule has 1 unspecified atom stereocenters. The Morgan fingerprint density at radius 1 is 1.07 bits per heavy atom. The standard InChI is InChI=1S/C34H42N8O3Si/c1-39-19-23-21-44-15-14-42(23)29-6-7-30(38-28(29)20-39)37-27-18-36-32(24-8-11-35-33-25(24)9-12-40(33)2)26-10-13-41(34(43)31(26)27)22-45-16-17-46(3,4)5/h6-13,18,23H,14-17,19-22H2,1-5H3,(H,37,38). The van der Waals surface area contributed by atoms with Gasteiger partial charge in [0, 0.05) is 76.3 Å². The summed E-state index contributed by atoms with van der Waals surface area (Å²) >= 11 is 0. The highest BCUT2D eigenvalue weighted by molar-refractivity contribution is 6.76. The monoisotopic (exact) mass is 638 g/mol. The quantitative estimate of drug-likeness (QED) is 0.185. The maximum Gasteiger partial charge on any atom is 0.262 e. The molecular formula is C34H42N8O3Si. The molecule has 1 atom stereocenters. The fourth-order valence-corrected chi connectivity index (χ4v) is 7.26. The Morgan fingerprint density at radius 2 is 1.91 bits per heavy atom. The maximum atomic E-state index is 14.2. The van der Waals surface area contributed by atoms with E-state index in [4.69, 9.17) is 19.4 Å². The lowest BCUT2D eigenvalue weighted by Gasteiger charge is -2.37. The third-order valence-corrected chi connectivity index (χ3v) is 10.7. The van der Waals surface area contributed by atoms with E-state index in [9.17, 15) is 4.79 Å². The molecule has 0 amide bonds. The molecule has 12 heteroatoms. The Balaban J connectivity index is 1.30. The molecule has 0 aromatic carbocycles. The van der Waals surface area contributed by atoms with E-state index in [1.807, 2.05) is 48.3 Å². The first-order valence-corrected chi connectivity index (χ1v) is 19.7. The van der Waals surface area contributed by atoms with Crippen LogP contribution in [-0.2, 0) is 29.8 Å². The van der Waals surface area contributed by atoms with Crippen LogP contribution in [0.3, 0.4) is 0 Å². The molecule has 46 heavy (non-hydrogen) atoms. The third kappa shape index (κ3) is 5.93. The number of nitrogens with zero attached hydrogens (tertiary/aromatic N) is 7. The molecule has 0 bridgehead atoms.